The fourth-order valence-electron chi connectivity index (χ4n) is 3.88. The first-order valence-corrected chi connectivity index (χ1v) is 9.44. The minimum Gasteiger partial charge on any atom is -0.464 e. The molecule has 2 aromatic carbocycles. The second-order valence-corrected chi connectivity index (χ2v) is 6.99. The van der Waals surface area contributed by atoms with E-state index >= 15 is 0 Å². The Labute approximate surface area is 159 Å². The zero-order valence-corrected chi connectivity index (χ0v) is 15.2. The fourth-order valence-corrected chi connectivity index (χ4v) is 3.88. The Bertz CT molecular complexity index is 982. The first-order chi connectivity index (χ1) is 13.3. The maximum absolute atomic E-state index is 6.39. The van der Waals surface area contributed by atoms with E-state index in [4.69, 9.17) is 9.84 Å². The van der Waals surface area contributed by atoms with Crippen LogP contribution in [0.15, 0.2) is 78.2 Å². The van der Waals surface area contributed by atoms with Gasteiger partial charge >= 0.3 is 0 Å². The van der Waals surface area contributed by atoms with E-state index < -0.39 is 0 Å². The lowest BCUT2D eigenvalue weighted by Gasteiger charge is -2.38. The predicted molar refractivity (Wildman–Crippen MR) is 106 cm³/mol. The summed E-state index contributed by atoms with van der Waals surface area (Å²) in [7, 11) is 0. The van der Waals surface area contributed by atoms with Crippen molar-refractivity contribution in [1.29, 1.82) is 0 Å². The van der Waals surface area contributed by atoms with Crippen LogP contribution in [0.4, 0.5) is 0 Å². The summed E-state index contributed by atoms with van der Waals surface area (Å²) in [6.45, 7) is 2.17. The zero-order chi connectivity index (χ0) is 18.2. The Morgan fingerprint density at radius 2 is 1.89 bits per heavy atom. The van der Waals surface area contributed by atoms with E-state index in [0.29, 0.717) is 0 Å². The quantitative estimate of drug-likeness (QED) is 0.671. The van der Waals surface area contributed by atoms with Crippen LogP contribution in [0.1, 0.15) is 47.9 Å². The standard InChI is InChI=1S/C23H21N3O/c1-2-16-9-11-17(12-10-16)23-26-21(19-7-3-4-8-22(19)27-23)14-20(25-26)18-6-5-13-24-15-18/h3-13,15,21,23H,2,14H2,1H3. The molecule has 2 atom stereocenters. The molecule has 0 saturated heterocycles. The summed E-state index contributed by atoms with van der Waals surface area (Å²) >= 11 is 0. The van der Waals surface area contributed by atoms with Crippen molar-refractivity contribution in [2.45, 2.75) is 32.0 Å². The van der Waals surface area contributed by atoms with Crippen LogP contribution >= 0.6 is 0 Å². The lowest BCUT2D eigenvalue weighted by Crippen LogP contribution is -2.33. The molecule has 0 radical (unpaired) electrons. The van der Waals surface area contributed by atoms with Crippen molar-refractivity contribution in [1.82, 2.24) is 9.99 Å². The molecule has 2 unspecified atom stereocenters. The number of hydrogen-bond acceptors (Lipinski definition) is 4. The monoisotopic (exact) mass is 355 g/mol. The summed E-state index contributed by atoms with van der Waals surface area (Å²) in [6, 6.07) is 21.2. The average molecular weight is 355 g/mol. The predicted octanol–water partition coefficient (Wildman–Crippen LogP) is 4.89. The molecule has 0 saturated carbocycles. The number of aromatic nitrogens is 1. The largest absolute Gasteiger partial charge is 0.464 e. The molecule has 4 nitrogen and oxygen atoms in total. The van der Waals surface area contributed by atoms with Crippen LogP contribution < -0.4 is 4.74 Å². The Morgan fingerprint density at radius 1 is 1.04 bits per heavy atom. The molecular weight excluding hydrogens is 334 g/mol. The summed E-state index contributed by atoms with van der Waals surface area (Å²) in [6.07, 6.45) is 5.35. The van der Waals surface area contributed by atoms with Crippen LogP contribution in [0, 0.1) is 0 Å². The molecule has 2 aliphatic heterocycles. The van der Waals surface area contributed by atoms with Crippen LogP contribution in [0.25, 0.3) is 0 Å². The number of hydrazone groups is 1. The maximum Gasteiger partial charge on any atom is 0.213 e. The molecule has 3 heterocycles. The molecule has 4 heteroatoms. The SMILES string of the molecule is CCc1ccc(C2Oc3ccccc3C3CC(c4cccnc4)=NN32)cc1. The normalized spacial score (nSPS) is 20.5. The van der Waals surface area contributed by atoms with Gasteiger partial charge in [0.2, 0.25) is 6.23 Å². The highest BCUT2D eigenvalue weighted by atomic mass is 16.5. The van der Waals surface area contributed by atoms with Gasteiger partial charge in [-0.1, -0.05) is 55.5 Å². The van der Waals surface area contributed by atoms with Crippen molar-refractivity contribution >= 4 is 5.71 Å². The third-order valence-corrected chi connectivity index (χ3v) is 5.37. The number of para-hydroxylation sites is 1. The van der Waals surface area contributed by atoms with Crippen molar-refractivity contribution in [3.05, 3.63) is 95.3 Å². The molecule has 2 aliphatic rings. The molecule has 0 N–H and O–H groups in total. The molecule has 0 bridgehead atoms. The van der Waals surface area contributed by atoms with Crippen molar-refractivity contribution < 1.29 is 4.74 Å². The van der Waals surface area contributed by atoms with Gasteiger partial charge in [-0.15, -0.1) is 0 Å². The molecule has 0 spiro atoms. The third-order valence-electron chi connectivity index (χ3n) is 5.37. The van der Waals surface area contributed by atoms with Crippen LogP contribution in [0.3, 0.4) is 0 Å². The Hall–Kier alpha value is -3.14. The number of hydrogen-bond donors (Lipinski definition) is 0. The van der Waals surface area contributed by atoms with Crippen LogP contribution in [-0.4, -0.2) is 15.7 Å². The fraction of sp³-hybridized carbons (Fsp3) is 0.217. The molecule has 5 rings (SSSR count). The van der Waals surface area contributed by atoms with E-state index in [9.17, 15) is 0 Å². The number of rotatable bonds is 3. The Kier molecular flexibility index (Phi) is 3.89. The number of benzene rings is 2. The molecule has 0 aliphatic carbocycles. The van der Waals surface area contributed by atoms with Crippen LogP contribution in [0.5, 0.6) is 5.75 Å². The van der Waals surface area contributed by atoms with Gasteiger partial charge in [0.05, 0.1) is 11.8 Å². The molecular formula is C23H21N3O. The molecule has 134 valence electrons. The molecule has 0 fully saturated rings. The topological polar surface area (TPSA) is 37.7 Å². The minimum atomic E-state index is -0.218. The second-order valence-electron chi connectivity index (χ2n) is 6.99. The molecule has 0 amide bonds. The lowest BCUT2D eigenvalue weighted by molar-refractivity contribution is -0.0190. The van der Waals surface area contributed by atoms with Gasteiger partial charge in [-0.3, -0.25) is 4.98 Å². The molecule has 1 aromatic heterocycles. The average Bonchev–Trinajstić information content (AvgIpc) is 3.20. The number of ether oxygens (including phenoxy) is 1. The number of nitrogens with zero attached hydrogens (tertiary/aromatic N) is 3. The highest BCUT2D eigenvalue weighted by Crippen LogP contribution is 2.47. The highest BCUT2D eigenvalue weighted by molar-refractivity contribution is 6.01. The third kappa shape index (κ3) is 2.78. The smallest absolute Gasteiger partial charge is 0.213 e. The zero-order valence-electron chi connectivity index (χ0n) is 15.2. The van der Waals surface area contributed by atoms with Gasteiger partial charge in [0.1, 0.15) is 5.75 Å². The summed E-state index contributed by atoms with van der Waals surface area (Å²) in [5.74, 6) is 0.950. The number of fused-ring (bicyclic) bond motifs is 3. The van der Waals surface area contributed by atoms with Gasteiger partial charge in [0.15, 0.2) is 0 Å². The van der Waals surface area contributed by atoms with Gasteiger partial charge in [-0.2, -0.15) is 5.10 Å². The Balaban J connectivity index is 1.57. The highest BCUT2D eigenvalue weighted by Gasteiger charge is 2.40. The summed E-state index contributed by atoms with van der Waals surface area (Å²) < 4.78 is 6.39. The summed E-state index contributed by atoms with van der Waals surface area (Å²) in [4.78, 5) is 4.26. The van der Waals surface area contributed by atoms with Crippen LogP contribution in [-0.2, 0) is 6.42 Å². The van der Waals surface area contributed by atoms with E-state index in [-0.39, 0.29) is 12.3 Å². The number of pyridine rings is 1. The van der Waals surface area contributed by atoms with E-state index in [1.54, 1.807) is 6.20 Å². The van der Waals surface area contributed by atoms with Crippen molar-refractivity contribution in [2.75, 3.05) is 0 Å². The van der Waals surface area contributed by atoms with Gasteiger partial charge in [-0.25, -0.2) is 5.01 Å². The van der Waals surface area contributed by atoms with Gasteiger partial charge in [0.25, 0.3) is 0 Å². The first-order valence-electron chi connectivity index (χ1n) is 9.44. The van der Waals surface area contributed by atoms with E-state index in [1.807, 2.05) is 18.3 Å². The maximum atomic E-state index is 6.39. The van der Waals surface area contributed by atoms with Crippen molar-refractivity contribution in [3.8, 4) is 5.75 Å². The van der Waals surface area contributed by atoms with Gasteiger partial charge in [0, 0.05) is 35.5 Å². The second kappa shape index (κ2) is 6.54. The summed E-state index contributed by atoms with van der Waals surface area (Å²) in [5, 5.41) is 7.08. The van der Waals surface area contributed by atoms with Gasteiger partial charge in [-0.05, 0) is 24.1 Å². The molecule has 27 heavy (non-hydrogen) atoms. The Morgan fingerprint density at radius 3 is 2.67 bits per heavy atom. The van der Waals surface area contributed by atoms with E-state index in [2.05, 4.69) is 65.4 Å². The van der Waals surface area contributed by atoms with Crippen LogP contribution in [0.2, 0.25) is 0 Å². The minimum absolute atomic E-state index is 0.181. The van der Waals surface area contributed by atoms with E-state index in [0.717, 1.165) is 35.4 Å². The van der Waals surface area contributed by atoms with E-state index in [1.165, 1.54) is 11.1 Å². The first kappa shape index (κ1) is 16.1. The van der Waals surface area contributed by atoms with Gasteiger partial charge < -0.3 is 4.74 Å². The molecule has 3 aromatic rings. The number of aryl methyl sites for hydroxylation is 1. The van der Waals surface area contributed by atoms with Crippen molar-refractivity contribution in [2.24, 2.45) is 5.10 Å². The van der Waals surface area contributed by atoms with Crippen molar-refractivity contribution in [3.63, 3.8) is 0 Å². The lowest BCUT2D eigenvalue weighted by atomic mass is 9.96. The summed E-state index contributed by atoms with van der Waals surface area (Å²) in [5.41, 5.74) is 5.78.